The molecule has 4 aromatic rings. The lowest BCUT2D eigenvalue weighted by atomic mass is 10.00. The zero-order valence-electron chi connectivity index (χ0n) is 26.3. The Morgan fingerprint density at radius 1 is 0.957 bits per heavy atom. The van der Waals surface area contributed by atoms with Crippen molar-refractivity contribution in [3.8, 4) is 28.7 Å². The third kappa shape index (κ3) is 7.49. The molecule has 3 aliphatic heterocycles. The van der Waals surface area contributed by atoms with Gasteiger partial charge in [0.2, 0.25) is 5.91 Å². The quantitative estimate of drug-likeness (QED) is 0.348. The summed E-state index contributed by atoms with van der Waals surface area (Å²) in [5, 5.41) is 10.3. The van der Waals surface area contributed by atoms with Gasteiger partial charge in [0, 0.05) is 62.1 Å². The highest BCUT2D eigenvalue weighted by Crippen LogP contribution is 2.30. The van der Waals surface area contributed by atoms with Gasteiger partial charge in [-0.1, -0.05) is 12.1 Å². The van der Waals surface area contributed by atoms with Crippen molar-refractivity contribution in [2.24, 2.45) is 0 Å². The van der Waals surface area contributed by atoms with Crippen molar-refractivity contribution in [1.29, 1.82) is 0 Å². The Balaban J connectivity index is 1.26. The number of aromatic nitrogens is 2. The van der Waals surface area contributed by atoms with Crippen molar-refractivity contribution in [3.05, 3.63) is 95.8 Å². The molecule has 3 aliphatic rings. The lowest BCUT2D eigenvalue weighted by Gasteiger charge is -2.39. The fourth-order valence-electron chi connectivity index (χ4n) is 5.82. The molecule has 1 saturated heterocycles. The van der Waals surface area contributed by atoms with Crippen molar-refractivity contribution in [2.45, 2.75) is 38.0 Å². The molecule has 0 spiro atoms. The highest BCUT2D eigenvalue weighted by atomic mass is 16.5. The molecular formula is C35H37N5O7. The molecule has 244 valence electrons. The number of amides is 3. The first-order chi connectivity index (χ1) is 22.9. The van der Waals surface area contributed by atoms with E-state index < -0.39 is 12.1 Å². The van der Waals surface area contributed by atoms with Crippen LogP contribution in [0.5, 0.6) is 23.0 Å². The van der Waals surface area contributed by atoms with E-state index in [-0.39, 0.29) is 37.3 Å². The maximum absolute atomic E-state index is 13.7. The number of nitrogens with zero attached hydrogens (tertiary/aromatic N) is 3. The normalized spacial score (nSPS) is 18.6. The average molecular weight is 640 g/mol. The molecule has 3 aromatic carbocycles. The van der Waals surface area contributed by atoms with Crippen LogP contribution in [-0.2, 0) is 22.6 Å². The Labute approximate surface area is 272 Å². The molecule has 12 heteroatoms. The Morgan fingerprint density at radius 2 is 1.83 bits per heavy atom. The number of ether oxygens (including phenoxy) is 4. The molecule has 3 amide bonds. The number of nitrogens with one attached hydrogen (secondary N) is 2. The molecule has 47 heavy (non-hydrogen) atoms. The minimum Gasteiger partial charge on any atom is -0.496 e. The van der Waals surface area contributed by atoms with Crippen LogP contribution in [0.15, 0.2) is 79.1 Å². The second-order valence-electron chi connectivity index (χ2n) is 11.4. The van der Waals surface area contributed by atoms with Crippen LogP contribution in [0.3, 0.4) is 0 Å². The monoisotopic (exact) mass is 639 g/mol. The topological polar surface area (TPSA) is 133 Å². The molecule has 12 nitrogen and oxygen atoms in total. The number of benzene rings is 3. The summed E-state index contributed by atoms with van der Waals surface area (Å²) in [7, 11) is 3.09. The van der Waals surface area contributed by atoms with E-state index >= 15 is 0 Å². The maximum atomic E-state index is 13.7. The molecular weight excluding hydrogens is 602 g/mol. The van der Waals surface area contributed by atoms with Gasteiger partial charge in [-0.2, -0.15) is 5.10 Å². The molecule has 0 radical (unpaired) electrons. The highest BCUT2D eigenvalue weighted by Gasteiger charge is 2.35. The lowest BCUT2D eigenvalue weighted by molar-refractivity contribution is -0.125. The van der Waals surface area contributed by atoms with Crippen LogP contribution in [0, 0.1) is 0 Å². The molecule has 0 saturated carbocycles. The Bertz CT molecular complexity index is 1740. The van der Waals surface area contributed by atoms with E-state index in [4.69, 9.17) is 18.9 Å². The number of hydrogen-bond donors (Lipinski definition) is 2. The van der Waals surface area contributed by atoms with E-state index in [0.717, 1.165) is 16.8 Å². The van der Waals surface area contributed by atoms with Gasteiger partial charge in [-0.15, -0.1) is 0 Å². The lowest BCUT2D eigenvalue weighted by Crippen LogP contribution is -2.58. The number of hydrogen-bond acceptors (Lipinski definition) is 8. The average Bonchev–Trinajstić information content (AvgIpc) is 3.65. The number of aryl methyl sites for hydroxylation is 1. The van der Waals surface area contributed by atoms with Gasteiger partial charge in [-0.05, 0) is 60.5 Å². The maximum Gasteiger partial charge on any atom is 0.258 e. The summed E-state index contributed by atoms with van der Waals surface area (Å²) in [4.78, 5) is 41.5. The number of rotatable bonds is 4. The van der Waals surface area contributed by atoms with Crippen molar-refractivity contribution in [3.63, 3.8) is 0 Å². The number of fused-ring (bicyclic) bond motifs is 9. The fourth-order valence-corrected chi connectivity index (χ4v) is 5.82. The predicted molar refractivity (Wildman–Crippen MR) is 172 cm³/mol. The van der Waals surface area contributed by atoms with Crippen molar-refractivity contribution in [1.82, 2.24) is 25.3 Å². The first kappa shape index (κ1) is 31.5. The number of piperidine rings is 1. The summed E-state index contributed by atoms with van der Waals surface area (Å²) in [5.41, 5.74) is 2.95. The standard InChI is InChI=1S/C35H37N5O7/c1-44-30-11-7-23-8-12-33(41)36-20-25-9-10-27(19-31(25)45-2)47-29-13-16-39(21-28(29)38-34(42)22-46-32(30)17-23)35(43)24-5-3-6-26(18-24)40-15-4-14-37-40/h3-7,9-11,14-15,17-19,28-29H,8,12-13,16,20-22H2,1-2H3,(H,36,41)(H,38,42)/t28-,29+/m1/s1. The second-order valence-corrected chi connectivity index (χ2v) is 11.4. The minimum atomic E-state index is -0.543. The van der Waals surface area contributed by atoms with Gasteiger partial charge in [0.1, 0.15) is 17.6 Å². The first-order valence-corrected chi connectivity index (χ1v) is 15.5. The summed E-state index contributed by atoms with van der Waals surface area (Å²) in [6, 6.07) is 19.4. The molecule has 4 bridgehead atoms. The third-order valence-corrected chi connectivity index (χ3v) is 8.29. The summed E-state index contributed by atoms with van der Waals surface area (Å²) >= 11 is 0. The highest BCUT2D eigenvalue weighted by molar-refractivity contribution is 5.95. The number of likely N-dealkylation sites (tertiary alicyclic amines) is 1. The second kappa shape index (κ2) is 14.3. The Morgan fingerprint density at radius 3 is 2.64 bits per heavy atom. The third-order valence-electron chi connectivity index (χ3n) is 8.29. The van der Waals surface area contributed by atoms with Gasteiger partial charge in [0.05, 0.1) is 25.9 Å². The fraction of sp³-hybridized carbons (Fsp3) is 0.314. The largest absolute Gasteiger partial charge is 0.496 e. The molecule has 1 fully saturated rings. The van der Waals surface area contributed by atoms with Gasteiger partial charge in [0.15, 0.2) is 18.1 Å². The van der Waals surface area contributed by atoms with E-state index in [9.17, 15) is 14.4 Å². The Hall–Kier alpha value is -5.52. The Kier molecular flexibility index (Phi) is 9.56. The molecule has 2 N–H and O–H groups in total. The first-order valence-electron chi connectivity index (χ1n) is 15.5. The van der Waals surface area contributed by atoms with Crippen LogP contribution in [0.2, 0.25) is 0 Å². The van der Waals surface area contributed by atoms with E-state index in [2.05, 4.69) is 15.7 Å². The number of methoxy groups -OCH3 is 2. The summed E-state index contributed by atoms with van der Waals surface area (Å²) < 4.78 is 25.1. The van der Waals surface area contributed by atoms with Crippen LogP contribution in [0.25, 0.3) is 5.69 Å². The van der Waals surface area contributed by atoms with Gasteiger partial charge in [0.25, 0.3) is 11.8 Å². The van der Waals surface area contributed by atoms with Crippen molar-refractivity contribution in [2.75, 3.05) is 33.9 Å². The molecule has 0 aliphatic carbocycles. The van der Waals surface area contributed by atoms with Crippen LogP contribution < -0.4 is 29.6 Å². The van der Waals surface area contributed by atoms with Gasteiger partial charge in [-0.25, -0.2) is 4.68 Å². The molecule has 1 aromatic heterocycles. The van der Waals surface area contributed by atoms with Crippen LogP contribution in [0.1, 0.15) is 34.3 Å². The zero-order valence-corrected chi connectivity index (χ0v) is 26.3. The van der Waals surface area contributed by atoms with E-state index in [1.807, 2.05) is 42.6 Å². The van der Waals surface area contributed by atoms with Crippen LogP contribution in [-0.4, -0.2) is 78.5 Å². The van der Waals surface area contributed by atoms with Gasteiger partial charge < -0.3 is 34.5 Å². The van der Waals surface area contributed by atoms with Gasteiger partial charge >= 0.3 is 0 Å². The predicted octanol–water partition coefficient (Wildman–Crippen LogP) is 3.31. The molecule has 7 rings (SSSR count). The molecule has 0 unspecified atom stereocenters. The smallest absolute Gasteiger partial charge is 0.258 e. The summed E-state index contributed by atoms with van der Waals surface area (Å²) in [5.74, 6) is 1.33. The SMILES string of the molecule is COc1cc2ccc1CNC(=O)CCc1ccc(OC)c(c1)OCC(=O)N[C@@H]1CN(C(=O)c3cccc(-n4cccn4)c3)CC[C@@H]1O2. The van der Waals surface area contributed by atoms with Crippen molar-refractivity contribution >= 4 is 17.7 Å². The van der Waals surface area contributed by atoms with E-state index in [0.29, 0.717) is 54.5 Å². The van der Waals surface area contributed by atoms with E-state index in [1.165, 1.54) is 7.11 Å². The minimum absolute atomic E-state index is 0.111. The van der Waals surface area contributed by atoms with E-state index in [1.54, 1.807) is 53.2 Å². The molecule has 4 heterocycles. The van der Waals surface area contributed by atoms with Crippen LogP contribution in [0.4, 0.5) is 0 Å². The van der Waals surface area contributed by atoms with Crippen LogP contribution >= 0.6 is 0 Å². The zero-order chi connectivity index (χ0) is 32.8. The molecule has 2 atom stereocenters. The van der Waals surface area contributed by atoms with Crippen molar-refractivity contribution < 1.29 is 33.3 Å². The number of carbonyl (C=O) groups is 3. The summed E-state index contributed by atoms with van der Waals surface area (Å²) in [6.45, 7) is 0.650. The number of carbonyl (C=O) groups excluding carboxylic acids is 3. The van der Waals surface area contributed by atoms with Gasteiger partial charge in [-0.3, -0.25) is 14.4 Å². The summed E-state index contributed by atoms with van der Waals surface area (Å²) in [6.07, 6.45) is 4.25.